The van der Waals surface area contributed by atoms with Crippen molar-refractivity contribution in [2.24, 2.45) is 0 Å². The second-order valence-corrected chi connectivity index (χ2v) is 5.66. The minimum absolute atomic E-state index is 0.00192. The number of hydrogen-bond acceptors (Lipinski definition) is 5. The van der Waals surface area contributed by atoms with Crippen LogP contribution in [0.4, 0.5) is 0 Å². The van der Waals surface area contributed by atoms with Crippen molar-refractivity contribution in [3.8, 4) is 17.6 Å². The molecule has 3 rings (SSSR count). The summed E-state index contributed by atoms with van der Waals surface area (Å²) in [5.74, 6) is 0.544. The third kappa shape index (κ3) is 3.58. The number of hydrogen-bond donors (Lipinski definition) is 1. The first kappa shape index (κ1) is 15.7. The molecular weight excluding hydrogens is 320 g/mol. The van der Waals surface area contributed by atoms with Crippen molar-refractivity contribution < 1.29 is 19.0 Å². The molecule has 6 nitrogen and oxygen atoms in total. The zero-order valence-electron chi connectivity index (χ0n) is 12.3. The van der Waals surface area contributed by atoms with Crippen molar-refractivity contribution >= 4 is 23.6 Å². The van der Waals surface area contributed by atoms with Crippen LogP contribution < -0.4 is 14.8 Å². The molecule has 2 heterocycles. The van der Waals surface area contributed by atoms with E-state index in [9.17, 15) is 10.1 Å². The predicted molar refractivity (Wildman–Crippen MR) is 83.1 cm³/mol. The molecule has 0 saturated carbocycles. The molecular formula is C16H15ClN2O4. The second kappa shape index (κ2) is 6.90. The van der Waals surface area contributed by atoms with Crippen LogP contribution in [0.15, 0.2) is 17.7 Å². The molecule has 0 spiro atoms. The van der Waals surface area contributed by atoms with E-state index in [1.54, 1.807) is 12.1 Å². The number of carbonyl (C=O) groups is 1. The number of carbonyl (C=O) groups excluding carboxylic acids is 1. The summed E-state index contributed by atoms with van der Waals surface area (Å²) < 4.78 is 15.9. The quantitative estimate of drug-likeness (QED) is 0.675. The highest BCUT2D eigenvalue weighted by Crippen LogP contribution is 2.40. The molecule has 1 fully saturated rings. The highest BCUT2D eigenvalue weighted by Gasteiger charge is 2.20. The van der Waals surface area contributed by atoms with Crippen LogP contribution >= 0.6 is 11.6 Å². The number of nitrogens with zero attached hydrogens (tertiary/aromatic N) is 1. The first-order valence-electron chi connectivity index (χ1n) is 7.28. The van der Waals surface area contributed by atoms with Gasteiger partial charge in [-0.15, -0.1) is 0 Å². The molecule has 2 aliphatic rings. The van der Waals surface area contributed by atoms with E-state index in [-0.39, 0.29) is 18.5 Å². The number of nitrogens with one attached hydrogen (secondary N) is 1. The third-order valence-electron chi connectivity index (χ3n) is 3.64. The minimum atomic E-state index is -0.434. The first-order valence-corrected chi connectivity index (χ1v) is 7.66. The van der Waals surface area contributed by atoms with Crippen LogP contribution in [-0.4, -0.2) is 32.0 Å². The number of ether oxygens (including phenoxy) is 3. The average molecular weight is 335 g/mol. The SMILES string of the molecule is N#C/C(=C\c1cc(Cl)c2c(c1)OCO2)C(=O)NC[C@H]1CCCO1. The summed E-state index contributed by atoms with van der Waals surface area (Å²) in [4.78, 5) is 12.1. The van der Waals surface area contributed by atoms with E-state index in [1.165, 1.54) is 6.08 Å². The van der Waals surface area contributed by atoms with Crippen LogP contribution in [0, 0.1) is 11.3 Å². The molecule has 2 aliphatic heterocycles. The predicted octanol–water partition coefficient (Wildman–Crippen LogP) is 2.27. The first-order chi connectivity index (χ1) is 11.2. The maximum atomic E-state index is 12.1. The number of nitriles is 1. The molecule has 0 aromatic heterocycles. The third-order valence-corrected chi connectivity index (χ3v) is 3.92. The lowest BCUT2D eigenvalue weighted by Crippen LogP contribution is -2.32. The fourth-order valence-electron chi connectivity index (χ4n) is 2.49. The molecule has 23 heavy (non-hydrogen) atoms. The Kier molecular flexibility index (Phi) is 4.70. The maximum absolute atomic E-state index is 12.1. The molecule has 1 aromatic carbocycles. The fraction of sp³-hybridized carbons (Fsp3) is 0.375. The number of fused-ring (bicyclic) bond motifs is 1. The smallest absolute Gasteiger partial charge is 0.262 e. The number of benzene rings is 1. The summed E-state index contributed by atoms with van der Waals surface area (Å²) in [5.41, 5.74) is 0.598. The fourth-order valence-corrected chi connectivity index (χ4v) is 2.77. The van der Waals surface area contributed by atoms with Gasteiger partial charge in [0.2, 0.25) is 6.79 Å². The lowest BCUT2D eigenvalue weighted by molar-refractivity contribution is -0.117. The van der Waals surface area contributed by atoms with Gasteiger partial charge in [0, 0.05) is 13.2 Å². The van der Waals surface area contributed by atoms with Gasteiger partial charge >= 0.3 is 0 Å². The van der Waals surface area contributed by atoms with Crippen LogP contribution in [0.3, 0.4) is 0 Å². The van der Waals surface area contributed by atoms with Gasteiger partial charge in [-0.25, -0.2) is 0 Å². The monoisotopic (exact) mass is 334 g/mol. The lowest BCUT2D eigenvalue weighted by Gasteiger charge is -2.10. The topological polar surface area (TPSA) is 80.6 Å². The Morgan fingerprint density at radius 1 is 1.48 bits per heavy atom. The standard InChI is InChI=1S/C16H15ClN2O4/c17-13-5-10(6-14-15(13)23-9-22-14)4-11(7-18)16(20)19-8-12-2-1-3-21-12/h4-6,12H,1-3,8-9H2,(H,19,20)/b11-4+/t12-/m1/s1. The highest BCUT2D eigenvalue weighted by atomic mass is 35.5. The highest BCUT2D eigenvalue weighted by molar-refractivity contribution is 6.32. The Morgan fingerprint density at radius 2 is 2.35 bits per heavy atom. The van der Waals surface area contributed by atoms with E-state index >= 15 is 0 Å². The number of amides is 1. The summed E-state index contributed by atoms with van der Waals surface area (Å²) >= 11 is 6.09. The van der Waals surface area contributed by atoms with Gasteiger partial charge in [0.25, 0.3) is 5.91 Å². The minimum Gasteiger partial charge on any atom is -0.454 e. The van der Waals surface area contributed by atoms with Crippen molar-refractivity contribution in [3.63, 3.8) is 0 Å². The van der Waals surface area contributed by atoms with Gasteiger partial charge in [0.1, 0.15) is 11.6 Å². The molecule has 1 saturated heterocycles. The van der Waals surface area contributed by atoms with Crippen molar-refractivity contribution in [3.05, 3.63) is 28.3 Å². The van der Waals surface area contributed by atoms with E-state index in [4.69, 9.17) is 25.8 Å². The normalized spacial score (nSPS) is 19.5. The van der Waals surface area contributed by atoms with Crippen molar-refractivity contribution in [2.45, 2.75) is 18.9 Å². The molecule has 1 atom stereocenters. The maximum Gasteiger partial charge on any atom is 0.262 e. The van der Waals surface area contributed by atoms with Crippen molar-refractivity contribution in [1.82, 2.24) is 5.32 Å². The molecule has 0 radical (unpaired) electrons. The van der Waals surface area contributed by atoms with Crippen molar-refractivity contribution in [1.29, 1.82) is 5.26 Å². The molecule has 0 aliphatic carbocycles. The summed E-state index contributed by atoms with van der Waals surface area (Å²) in [6.07, 6.45) is 3.42. The average Bonchev–Trinajstić information content (AvgIpc) is 3.21. The second-order valence-electron chi connectivity index (χ2n) is 5.25. The van der Waals surface area contributed by atoms with Gasteiger partial charge < -0.3 is 19.5 Å². The van der Waals surface area contributed by atoms with Crippen LogP contribution in [0.2, 0.25) is 5.02 Å². The van der Waals surface area contributed by atoms with Crippen LogP contribution in [0.5, 0.6) is 11.5 Å². The molecule has 1 aromatic rings. The van der Waals surface area contributed by atoms with E-state index in [0.717, 1.165) is 19.4 Å². The summed E-state index contributed by atoms with van der Waals surface area (Å²) in [5, 5.41) is 12.3. The lowest BCUT2D eigenvalue weighted by atomic mass is 10.1. The van der Waals surface area contributed by atoms with Crippen LogP contribution in [-0.2, 0) is 9.53 Å². The Hall–Kier alpha value is -2.23. The number of rotatable bonds is 4. The Balaban J connectivity index is 1.72. The van der Waals surface area contributed by atoms with Crippen LogP contribution in [0.25, 0.3) is 6.08 Å². The molecule has 1 amide bonds. The van der Waals surface area contributed by atoms with E-state index in [2.05, 4.69) is 5.32 Å². The zero-order valence-corrected chi connectivity index (χ0v) is 13.1. The van der Waals surface area contributed by atoms with Crippen molar-refractivity contribution in [2.75, 3.05) is 19.9 Å². The summed E-state index contributed by atoms with van der Waals surface area (Å²) in [6, 6.07) is 5.21. The molecule has 0 bridgehead atoms. The summed E-state index contributed by atoms with van der Waals surface area (Å²) in [6.45, 7) is 1.23. The van der Waals surface area contributed by atoms with E-state index < -0.39 is 5.91 Å². The van der Waals surface area contributed by atoms with E-state index in [0.29, 0.717) is 28.6 Å². The van der Waals surface area contributed by atoms with E-state index in [1.807, 2.05) is 6.07 Å². The number of halogens is 1. The van der Waals surface area contributed by atoms with Gasteiger partial charge in [0.15, 0.2) is 11.5 Å². The van der Waals surface area contributed by atoms with Gasteiger partial charge in [-0.2, -0.15) is 5.26 Å². The molecule has 120 valence electrons. The summed E-state index contributed by atoms with van der Waals surface area (Å²) in [7, 11) is 0. The molecule has 0 unspecified atom stereocenters. The Morgan fingerprint density at radius 3 is 3.09 bits per heavy atom. The van der Waals surface area contributed by atoms with Gasteiger partial charge in [-0.3, -0.25) is 4.79 Å². The van der Waals surface area contributed by atoms with Crippen LogP contribution in [0.1, 0.15) is 18.4 Å². The molecule has 1 N–H and O–H groups in total. The van der Waals surface area contributed by atoms with Gasteiger partial charge in [-0.1, -0.05) is 11.6 Å². The van der Waals surface area contributed by atoms with Gasteiger partial charge in [0.05, 0.1) is 11.1 Å². The zero-order chi connectivity index (χ0) is 16.2. The Bertz CT molecular complexity index is 690. The van der Waals surface area contributed by atoms with Gasteiger partial charge in [-0.05, 0) is 36.6 Å². The molecule has 7 heteroatoms. The largest absolute Gasteiger partial charge is 0.454 e. The Labute approximate surface area is 138 Å².